The van der Waals surface area contributed by atoms with Gasteiger partial charge in [-0.15, -0.1) is 0 Å². The van der Waals surface area contributed by atoms with Gasteiger partial charge in [0.15, 0.2) is 0 Å². The van der Waals surface area contributed by atoms with Crippen molar-refractivity contribution in [2.45, 2.75) is 18.9 Å². The summed E-state index contributed by atoms with van der Waals surface area (Å²) in [6.45, 7) is 2.01. The number of anilines is 1. The zero-order valence-corrected chi connectivity index (χ0v) is 11.1. The van der Waals surface area contributed by atoms with Crippen molar-refractivity contribution in [3.05, 3.63) is 36.0 Å². The molecule has 0 amide bonds. The second-order valence-corrected chi connectivity index (χ2v) is 5.07. The molecule has 1 aromatic heterocycles. The molecule has 0 unspecified atom stereocenters. The van der Waals surface area contributed by atoms with Gasteiger partial charge in [-0.2, -0.15) is 0 Å². The van der Waals surface area contributed by atoms with Crippen molar-refractivity contribution in [3.8, 4) is 0 Å². The highest BCUT2D eigenvalue weighted by molar-refractivity contribution is 5.98. The Morgan fingerprint density at radius 2 is 2.10 bits per heavy atom. The van der Waals surface area contributed by atoms with E-state index in [9.17, 15) is 4.79 Å². The van der Waals surface area contributed by atoms with Gasteiger partial charge in [-0.3, -0.25) is 0 Å². The molecule has 0 spiro atoms. The van der Waals surface area contributed by atoms with Crippen LogP contribution >= 0.6 is 0 Å². The molecule has 0 radical (unpaired) electrons. The number of hydrogen-bond acceptors (Lipinski definition) is 4. The van der Waals surface area contributed by atoms with Crippen LogP contribution < -0.4 is 10.6 Å². The minimum absolute atomic E-state index is 0.291. The Balaban J connectivity index is 1.96. The molecule has 1 aromatic carbocycles. The lowest BCUT2D eigenvalue weighted by Gasteiger charge is -2.24. The van der Waals surface area contributed by atoms with Crippen LogP contribution in [-0.4, -0.2) is 35.2 Å². The largest absolute Gasteiger partial charge is 0.478 e. The Kier molecular flexibility index (Phi) is 3.52. The normalized spacial score (nSPS) is 16.2. The van der Waals surface area contributed by atoms with Gasteiger partial charge in [0.2, 0.25) is 0 Å². The summed E-state index contributed by atoms with van der Waals surface area (Å²) in [5.74, 6) is -0.138. The van der Waals surface area contributed by atoms with Crippen molar-refractivity contribution in [1.29, 1.82) is 0 Å². The fraction of sp³-hybridized carbons (Fsp3) is 0.333. The molecule has 3 rings (SSSR count). The molecular weight excluding hydrogens is 254 g/mol. The fourth-order valence-electron chi connectivity index (χ4n) is 2.58. The van der Waals surface area contributed by atoms with Crippen molar-refractivity contribution in [2.24, 2.45) is 0 Å². The molecule has 2 aromatic rings. The van der Waals surface area contributed by atoms with Gasteiger partial charge in [0.1, 0.15) is 5.82 Å². The first-order valence-electron chi connectivity index (χ1n) is 6.83. The van der Waals surface area contributed by atoms with E-state index in [2.05, 4.69) is 15.6 Å². The third kappa shape index (κ3) is 2.58. The summed E-state index contributed by atoms with van der Waals surface area (Å²) >= 11 is 0. The molecule has 5 nitrogen and oxygen atoms in total. The zero-order chi connectivity index (χ0) is 13.9. The van der Waals surface area contributed by atoms with E-state index in [1.807, 2.05) is 12.1 Å². The standard InChI is InChI=1S/C15H17N3O2/c19-15(20)11-2-1-10-3-8-17-14(13(10)9-11)18-12-4-6-16-7-5-12/h1-3,8-9,12,16H,4-7H2,(H,17,18)(H,19,20). The summed E-state index contributed by atoms with van der Waals surface area (Å²) in [4.78, 5) is 15.5. The maximum Gasteiger partial charge on any atom is 0.335 e. The van der Waals surface area contributed by atoms with E-state index < -0.39 is 5.97 Å². The number of hydrogen-bond donors (Lipinski definition) is 3. The van der Waals surface area contributed by atoms with Crippen LogP contribution in [0.2, 0.25) is 0 Å². The fourth-order valence-corrected chi connectivity index (χ4v) is 2.58. The van der Waals surface area contributed by atoms with E-state index in [-0.39, 0.29) is 0 Å². The van der Waals surface area contributed by atoms with Crippen molar-refractivity contribution in [3.63, 3.8) is 0 Å². The molecule has 0 bridgehead atoms. The van der Waals surface area contributed by atoms with E-state index in [1.165, 1.54) is 0 Å². The first-order valence-corrected chi connectivity index (χ1v) is 6.83. The maximum atomic E-state index is 11.1. The highest BCUT2D eigenvalue weighted by Crippen LogP contribution is 2.24. The van der Waals surface area contributed by atoms with Crippen LogP contribution in [0.3, 0.4) is 0 Å². The Morgan fingerprint density at radius 3 is 2.85 bits per heavy atom. The molecule has 5 heteroatoms. The summed E-state index contributed by atoms with van der Waals surface area (Å²) in [6, 6.07) is 7.43. The lowest BCUT2D eigenvalue weighted by molar-refractivity contribution is 0.0697. The molecule has 0 atom stereocenters. The molecule has 1 aliphatic heterocycles. The lowest BCUT2D eigenvalue weighted by Crippen LogP contribution is -2.35. The van der Waals surface area contributed by atoms with Gasteiger partial charge in [0, 0.05) is 17.6 Å². The minimum Gasteiger partial charge on any atom is -0.478 e. The second-order valence-electron chi connectivity index (χ2n) is 5.07. The van der Waals surface area contributed by atoms with Crippen LogP contribution in [-0.2, 0) is 0 Å². The van der Waals surface area contributed by atoms with Gasteiger partial charge in [0.25, 0.3) is 0 Å². The number of carboxylic acids is 1. The molecule has 1 saturated heterocycles. The van der Waals surface area contributed by atoms with Gasteiger partial charge in [-0.25, -0.2) is 9.78 Å². The highest BCUT2D eigenvalue weighted by Gasteiger charge is 2.15. The Labute approximate surface area is 117 Å². The number of pyridine rings is 1. The maximum absolute atomic E-state index is 11.1. The molecule has 1 aliphatic rings. The summed E-state index contributed by atoms with van der Waals surface area (Å²) in [7, 11) is 0. The summed E-state index contributed by atoms with van der Waals surface area (Å²) in [6.07, 6.45) is 3.86. The molecule has 0 aliphatic carbocycles. The number of piperidine rings is 1. The molecule has 3 N–H and O–H groups in total. The average Bonchev–Trinajstić information content (AvgIpc) is 2.48. The van der Waals surface area contributed by atoms with Crippen LogP contribution in [0.5, 0.6) is 0 Å². The van der Waals surface area contributed by atoms with Crippen LogP contribution in [0.15, 0.2) is 30.5 Å². The molecular formula is C15H17N3O2. The SMILES string of the molecule is O=C(O)c1ccc2ccnc(NC3CCNCC3)c2c1. The van der Waals surface area contributed by atoms with Crippen molar-refractivity contribution < 1.29 is 9.90 Å². The molecule has 104 valence electrons. The minimum atomic E-state index is -0.913. The van der Waals surface area contributed by atoms with Crippen molar-refractivity contribution >= 4 is 22.6 Å². The Bertz CT molecular complexity index is 636. The number of aromatic carboxylic acids is 1. The number of carboxylic acid groups (broad SMARTS) is 1. The topological polar surface area (TPSA) is 74.2 Å². The molecule has 2 heterocycles. The van der Waals surface area contributed by atoms with Crippen LogP contribution in [0.4, 0.5) is 5.82 Å². The van der Waals surface area contributed by atoms with Gasteiger partial charge >= 0.3 is 5.97 Å². The van der Waals surface area contributed by atoms with Gasteiger partial charge in [-0.05, 0) is 49.5 Å². The predicted molar refractivity (Wildman–Crippen MR) is 78.2 cm³/mol. The third-order valence-corrected chi connectivity index (χ3v) is 3.69. The highest BCUT2D eigenvalue weighted by atomic mass is 16.4. The summed E-state index contributed by atoms with van der Waals surface area (Å²) in [5, 5.41) is 17.7. The van der Waals surface area contributed by atoms with Crippen molar-refractivity contribution in [2.75, 3.05) is 18.4 Å². The second kappa shape index (κ2) is 5.46. The summed E-state index contributed by atoms with van der Waals surface area (Å²) < 4.78 is 0. The average molecular weight is 271 g/mol. The predicted octanol–water partition coefficient (Wildman–Crippen LogP) is 2.10. The number of rotatable bonds is 3. The lowest BCUT2D eigenvalue weighted by atomic mass is 10.1. The first kappa shape index (κ1) is 12.9. The van der Waals surface area contributed by atoms with E-state index in [4.69, 9.17) is 5.11 Å². The van der Waals surface area contributed by atoms with Gasteiger partial charge < -0.3 is 15.7 Å². The van der Waals surface area contributed by atoms with Crippen LogP contribution in [0.1, 0.15) is 23.2 Å². The summed E-state index contributed by atoms with van der Waals surface area (Å²) in [5.41, 5.74) is 0.291. The Hall–Kier alpha value is -2.14. The van der Waals surface area contributed by atoms with Gasteiger partial charge in [-0.1, -0.05) is 6.07 Å². The van der Waals surface area contributed by atoms with Crippen LogP contribution in [0, 0.1) is 0 Å². The third-order valence-electron chi connectivity index (χ3n) is 3.69. The number of aromatic nitrogens is 1. The van der Waals surface area contributed by atoms with E-state index in [1.54, 1.807) is 18.3 Å². The number of carbonyl (C=O) groups is 1. The number of nitrogens with zero attached hydrogens (tertiary/aromatic N) is 1. The monoisotopic (exact) mass is 271 g/mol. The van der Waals surface area contributed by atoms with E-state index >= 15 is 0 Å². The van der Waals surface area contributed by atoms with E-state index in [0.29, 0.717) is 11.6 Å². The molecule has 1 fully saturated rings. The van der Waals surface area contributed by atoms with Crippen molar-refractivity contribution in [1.82, 2.24) is 10.3 Å². The zero-order valence-electron chi connectivity index (χ0n) is 11.1. The first-order chi connectivity index (χ1) is 9.74. The quantitative estimate of drug-likeness (QED) is 0.797. The van der Waals surface area contributed by atoms with Gasteiger partial charge in [0.05, 0.1) is 5.56 Å². The number of fused-ring (bicyclic) bond motifs is 1. The van der Waals surface area contributed by atoms with E-state index in [0.717, 1.165) is 42.5 Å². The number of benzene rings is 1. The van der Waals surface area contributed by atoms with Crippen LogP contribution in [0.25, 0.3) is 10.8 Å². The smallest absolute Gasteiger partial charge is 0.335 e. The number of nitrogens with one attached hydrogen (secondary N) is 2. The molecule has 0 saturated carbocycles. The Morgan fingerprint density at radius 1 is 1.30 bits per heavy atom. The molecule has 20 heavy (non-hydrogen) atoms.